The van der Waals surface area contributed by atoms with Crippen LogP contribution in [0, 0.1) is 11.3 Å². The van der Waals surface area contributed by atoms with Crippen molar-refractivity contribution < 1.29 is 8.42 Å². The smallest absolute Gasteiger partial charge is 0.150 e. The Morgan fingerprint density at radius 3 is 2.40 bits per heavy atom. The first kappa shape index (κ1) is 13.0. The van der Waals surface area contributed by atoms with E-state index in [1.54, 1.807) is 6.92 Å². The molecular weight excluding hydrogens is 210 g/mol. The highest BCUT2D eigenvalue weighted by Gasteiger charge is 2.48. The molecule has 0 spiro atoms. The van der Waals surface area contributed by atoms with Crippen LogP contribution in [0.2, 0.25) is 0 Å². The summed E-state index contributed by atoms with van der Waals surface area (Å²) in [6.45, 7) is 6.14. The monoisotopic (exact) mass is 233 g/mol. The number of nitrogens with two attached hydrogens (primary N) is 1. The predicted molar refractivity (Wildman–Crippen MR) is 63.4 cm³/mol. The fraction of sp³-hybridized carbons (Fsp3) is 1.00. The van der Waals surface area contributed by atoms with E-state index in [-0.39, 0.29) is 11.8 Å². The van der Waals surface area contributed by atoms with Crippen molar-refractivity contribution in [1.82, 2.24) is 0 Å². The first-order valence-electron chi connectivity index (χ1n) is 5.74. The lowest BCUT2D eigenvalue weighted by Crippen LogP contribution is -2.25. The lowest BCUT2D eigenvalue weighted by Gasteiger charge is -2.12. The van der Waals surface area contributed by atoms with Crippen molar-refractivity contribution in [3.63, 3.8) is 0 Å². The minimum atomic E-state index is -2.80. The summed E-state index contributed by atoms with van der Waals surface area (Å²) in [6, 6.07) is 0.187. The van der Waals surface area contributed by atoms with Crippen LogP contribution >= 0.6 is 0 Å². The van der Waals surface area contributed by atoms with Gasteiger partial charge in [0.1, 0.15) is 9.84 Å². The van der Waals surface area contributed by atoms with Crippen molar-refractivity contribution in [1.29, 1.82) is 0 Å². The third-order valence-corrected chi connectivity index (χ3v) is 5.33. The first-order valence-corrected chi connectivity index (χ1v) is 7.56. The lowest BCUT2D eigenvalue weighted by atomic mass is 10.0. The number of hydrogen-bond acceptors (Lipinski definition) is 3. The zero-order chi connectivity index (χ0) is 11.7. The van der Waals surface area contributed by atoms with E-state index in [9.17, 15) is 8.42 Å². The molecule has 1 fully saturated rings. The van der Waals surface area contributed by atoms with Gasteiger partial charge in [-0.3, -0.25) is 0 Å². The molecule has 1 aliphatic carbocycles. The molecule has 0 aliphatic heterocycles. The summed E-state index contributed by atoms with van der Waals surface area (Å²) in [5, 5.41) is 0. The van der Waals surface area contributed by atoms with Crippen molar-refractivity contribution in [2.75, 3.05) is 11.5 Å². The Kier molecular flexibility index (Phi) is 3.82. The van der Waals surface area contributed by atoms with Gasteiger partial charge >= 0.3 is 0 Å². The molecule has 1 saturated carbocycles. The van der Waals surface area contributed by atoms with Gasteiger partial charge in [-0.25, -0.2) is 8.42 Å². The van der Waals surface area contributed by atoms with Gasteiger partial charge in [0.2, 0.25) is 0 Å². The van der Waals surface area contributed by atoms with Gasteiger partial charge in [-0.05, 0) is 30.6 Å². The van der Waals surface area contributed by atoms with Gasteiger partial charge in [0.25, 0.3) is 0 Å². The second-order valence-corrected chi connectivity index (χ2v) is 7.81. The van der Waals surface area contributed by atoms with E-state index in [1.807, 2.05) is 0 Å². The van der Waals surface area contributed by atoms with Crippen LogP contribution in [0.5, 0.6) is 0 Å². The molecule has 0 amide bonds. The quantitative estimate of drug-likeness (QED) is 0.757. The third-order valence-electron chi connectivity index (χ3n) is 3.54. The van der Waals surface area contributed by atoms with E-state index in [0.717, 1.165) is 6.42 Å². The first-order chi connectivity index (χ1) is 6.78. The Bertz CT molecular complexity index is 309. The van der Waals surface area contributed by atoms with Crippen LogP contribution in [0.1, 0.15) is 40.0 Å². The second-order valence-electron chi connectivity index (χ2n) is 5.34. The highest BCUT2D eigenvalue weighted by molar-refractivity contribution is 7.91. The maximum absolute atomic E-state index is 11.3. The molecule has 0 aromatic carbocycles. The van der Waals surface area contributed by atoms with Gasteiger partial charge in [-0.15, -0.1) is 0 Å². The fourth-order valence-electron chi connectivity index (χ4n) is 2.12. The van der Waals surface area contributed by atoms with E-state index in [0.29, 0.717) is 23.5 Å². The van der Waals surface area contributed by atoms with Crippen LogP contribution in [0.15, 0.2) is 0 Å². The van der Waals surface area contributed by atoms with Gasteiger partial charge in [0, 0.05) is 11.8 Å². The molecule has 4 heteroatoms. The summed E-state index contributed by atoms with van der Waals surface area (Å²) in [4.78, 5) is 0. The molecule has 1 aliphatic rings. The van der Waals surface area contributed by atoms with Crippen LogP contribution in [-0.2, 0) is 9.84 Å². The maximum Gasteiger partial charge on any atom is 0.150 e. The fourth-order valence-corrected chi connectivity index (χ4v) is 3.02. The van der Waals surface area contributed by atoms with Crippen LogP contribution in [0.25, 0.3) is 0 Å². The minimum Gasteiger partial charge on any atom is -0.327 e. The predicted octanol–water partition coefficient (Wildman–Crippen LogP) is 1.57. The summed E-state index contributed by atoms with van der Waals surface area (Å²) in [5.41, 5.74) is 6.42. The molecule has 0 saturated heterocycles. The largest absolute Gasteiger partial charge is 0.327 e. The molecule has 2 unspecified atom stereocenters. The number of rotatable bonds is 6. The molecule has 0 heterocycles. The molecule has 0 aromatic heterocycles. The SMILES string of the molecule is CCS(=O)(=O)CCCC(N)C1CC1(C)C. The van der Waals surface area contributed by atoms with Crippen molar-refractivity contribution in [3.8, 4) is 0 Å². The van der Waals surface area contributed by atoms with Gasteiger partial charge in [-0.2, -0.15) is 0 Å². The standard InChI is InChI=1S/C11H23NO2S/c1-4-15(13,14)7-5-6-10(12)9-8-11(9,2)3/h9-10H,4-8,12H2,1-3H3. The van der Waals surface area contributed by atoms with Crippen LogP contribution in [0.3, 0.4) is 0 Å². The van der Waals surface area contributed by atoms with Crippen LogP contribution in [0.4, 0.5) is 0 Å². The molecule has 2 N–H and O–H groups in total. The summed E-state index contributed by atoms with van der Waals surface area (Å²) in [7, 11) is -2.80. The minimum absolute atomic E-state index is 0.187. The molecule has 0 aromatic rings. The Morgan fingerprint density at radius 1 is 1.47 bits per heavy atom. The molecule has 90 valence electrons. The molecular formula is C11H23NO2S. The highest BCUT2D eigenvalue weighted by atomic mass is 32.2. The van der Waals surface area contributed by atoms with E-state index < -0.39 is 9.84 Å². The lowest BCUT2D eigenvalue weighted by molar-refractivity contribution is 0.454. The number of sulfone groups is 1. The Labute approximate surface area is 93.3 Å². The van der Waals surface area contributed by atoms with Gasteiger partial charge in [0.15, 0.2) is 0 Å². The van der Waals surface area contributed by atoms with Crippen molar-refractivity contribution >= 4 is 9.84 Å². The maximum atomic E-state index is 11.3. The summed E-state index contributed by atoms with van der Waals surface area (Å²) in [6.07, 6.45) is 2.74. The highest BCUT2D eigenvalue weighted by Crippen LogP contribution is 2.53. The van der Waals surface area contributed by atoms with Crippen LogP contribution < -0.4 is 5.73 Å². The van der Waals surface area contributed by atoms with Gasteiger partial charge in [-0.1, -0.05) is 20.8 Å². The van der Waals surface area contributed by atoms with E-state index in [1.165, 1.54) is 6.42 Å². The summed E-state index contributed by atoms with van der Waals surface area (Å²) < 4.78 is 22.5. The van der Waals surface area contributed by atoms with Gasteiger partial charge < -0.3 is 5.73 Å². The molecule has 0 bridgehead atoms. The second kappa shape index (κ2) is 4.42. The normalized spacial score (nSPS) is 26.3. The Balaban J connectivity index is 2.22. The van der Waals surface area contributed by atoms with Gasteiger partial charge in [0.05, 0.1) is 5.75 Å². The average molecular weight is 233 g/mol. The Morgan fingerprint density at radius 2 is 2.00 bits per heavy atom. The molecule has 3 nitrogen and oxygen atoms in total. The zero-order valence-corrected chi connectivity index (χ0v) is 10.8. The van der Waals surface area contributed by atoms with E-state index in [4.69, 9.17) is 5.73 Å². The molecule has 2 atom stereocenters. The number of hydrogen-bond donors (Lipinski definition) is 1. The van der Waals surface area contributed by atoms with Crippen molar-refractivity contribution in [3.05, 3.63) is 0 Å². The molecule has 15 heavy (non-hydrogen) atoms. The molecule has 1 rings (SSSR count). The average Bonchev–Trinajstić information content (AvgIpc) is 2.75. The summed E-state index contributed by atoms with van der Waals surface area (Å²) in [5.74, 6) is 1.14. The van der Waals surface area contributed by atoms with E-state index in [2.05, 4.69) is 13.8 Å². The van der Waals surface area contributed by atoms with E-state index >= 15 is 0 Å². The summed E-state index contributed by atoms with van der Waals surface area (Å²) >= 11 is 0. The van der Waals surface area contributed by atoms with Crippen LogP contribution in [-0.4, -0.2) is 26.0 Å². The zero-order valence-electron chi connectivity index (χ0n) is 9.99. The topological polar surface area (TPSA) is 60.2 Å². The van der Waals surface area contributed by atoms with Crippen molar-refractivity contribution in [2.24, 2.45) is 17.1 Å². The van der Waals surface area contributed by atoms with Crippen molar-refractivity contribution in [2.45, 2.75) is 46.1 Å². The Hall–Kier alpha value is -0.0900. The molecule has 0 radical (unpaired) electrons. The third kappa shape index (κ3) is 3.76.